The van der Waals surface area contributed by atoms with Crippen LogP contribution in [0.25, 0.3) is 0 Å². The first kappa shape index (κ1) is 24.9. The first-order valence-electron chi connectivity index (χ1n) is 11.1. The van der Waals surface area contributed by atoms with Gasteiger partial charge in [0.25, 0.3) is 5.91 Å². The molecule has 0 radical (unpaired) electrons. The number of imide groups is 1. The van der Waals surface area contributed by atoms with E-state index in [1.165, 1.54) is 94.4 Å². The van der Waals surface area contributed by atoms with Gasteiger partial charge in [0, 0.05) is 13.0 Å². The summed E-state index contributed by atoms with van der Waals surface area (Å²) < 4.78 is 0. The van der Waals surface area contributed by atoms with Gasteiger partial charge >= 0.3 is 0 Å². The van der Waals surface area contributed by atoms with Crippen LogP contribution in [0, 0.1) is 0 Å². The molecule has 0 fully saturated rings. The van der Waals surface area contributed by atoms with Gasteiger partial charge in [0.1, 0.15) is 0 Å². The molecule has 3 nitrogen and oxygen atoms in total. The van der Waals surface area contributed by atoms with Crippen LogP contribution in [0.1, 0.15) is 117 Å². The number of hydrogen-bond donors (Lipinski definition) is 0. The van der Waals surface area contributed by atoms with Gasteiger partial charge in [-0.15, -0.1) is 0 Å². The maximum atomic E-state index is 12.0. The number of hydrogen-bond acceptors (Lipinski definition) is 2. The van der Waals surface area contributed by atoms with Crippen LogP contribution < -0.4 is 0 Å². The van der Waals surface area contributed by atoms with E-state index in [1.807, 2.05) is 6.92 Å². The van der Waals surface area contributed by atoms with E-state index in [-0.39, 0.29) is 11.8 Å². The quantitative estimate of drug-likeness (QED) is 0.198. The number of carbonyl (C=O) groups is 2. The Kier molecular flexibility index (Phi) is 17.9. The zero-order chi connectivity index (χ0) is 19.5. The molecule has 3 heteroatoms. The molecular weight excluding hydrogens is 322 g/mol. The summed E-state index contributed by atoms with van der Waals surface area (Å²) in [6.45, 7) is 7.97. The molecule has 2 amide bonds. The van der Waals surface area contributed by atoms with Crippen LogP contribution >= 0.6 is 0 Å². The lowest BCUT2D eigenvalue weighted by Crippen LogP contribution is -2.35. The Morgan fingerprint density at radius 1 is 0.692 bits per heavy atom. The lowest BCUT2D eigenvalue weighted by Gasteiger charge is -2.16. The van der Waals surface area contributed by atoms with Gasteiger partial charge in [-0.3, -0.25) is 14.5 Å². The average Bonchev–Trinajstić information content (AvgIpc) is 2.65. The lowest BCUT2D eigenvalue weighted by molar-refractivity contribution is -0.141. The summed E-state index contributed by atoms with van der Waals surface area (Å²) in [6, 6.07) is 0. The molecule has 0 aliphatic carbocycles. The first-order valence-corrected chi connectivity index (χ1v) is 11.1. The van der Waals surface area contributed by atoms with Crippen molar-refractivity contribution in [1.29, 1.82) is 0 Å². The van der Waals surface area contributed by atoms with Crippen LogP contribution in [0.3, 0.4) is 0 Å². The number of rotatable bonds is 18. The van der Waals surface area contributed by atoms with E-state index in [1.54, 1.807) is 0 Å². The van der Waals surface area contributed by atoms with Gasteiger partial charge in [0.2, 0.25) is 5.91 Å². The molecule has 0 saturated carbocycles. The van der Waals surface area contributed by atoms with Crippen molar-refractivity contribution < 1.29 is 9.59 Å². The van der Waals surface area contributed by atoms with Gasteiger partial charge in [-0.1, -0.05) is 103 Å². The van der Waals surface area contributed by atoms with Crippen LogP contribution in [-0.4, -0.2) is 23.3 Å². The summed E-state index contributed by atoms with van der Waals surface area (Å²) in [5.74, 6) is -0.342. The molecule has 0 aliphatic rings. The lowest BCUT2D eigenvalue weighted by atomic mass is 10.0. The summed E-state index contributed by atoms with van der Waals surface area (Å²) in [6.07, 6.45) is 21.4. The average molecular weight is 366 g/mol. The van der Waals surface area contributed by atoms with E-state index in [2.05, 4.69) is 13.5 Å². The zero-order valence-corrected chi connectivity index (χ0v) is 17.6. The van der Waals surface area contributed by atoms with E-state index >= 15 is 0 Å². The third-order valence-corrected chi connectivity index (χ3v) is 5.05. The zero-order valence-electron chi connectivity index (χ0n) is 17.6. The fourth-order valence-electron chi connectivity index (χ4n) is 3.35. The molecule has 0 spiro atoms. The smallest absolute Gasteiger partial charge is 0.252 e. The van der Waals surface area contributed by atoms with Gasteiger partial charge in [-0.05, 0) is 19.4 Å². The summed E-state index contributed by atoms with van der Waals surface area (Å²) in [7, 11) is 0. The molecule has 0 unspecified atom stereocenters. The monoisotopic (exact) mass is 365 g/mol. The Labute approximate surface area is 162 Å². The predicted molar refractivity (Wildman–Crippen MR) is 112 cm³/mol. The topological polar surface area (TPSA) is 37.4 Å². The normalized spacial score (nSPS) is 10.7. The first-order chi connectivity index (χ1) is 12.7. The summed E-state index contributed by atoms with van der Waals surface area (Å²) in [5, 5.41) is 0. The van der Waals surface area contributed by atoms with Gasteiger partial charge in [-0.25, -0.2) is 0 Å². The van der Waals surface area contributed by atoms with Crippen LogP contribution in [0.4, 0.5) is 0 Å². The van der Waals surface area contributed by atoms with Crippen molar-refractivity contribution in [3.8, 4) is 0 Å². The van der Waals surface area contributed by atoms with Crippen LogP contribution in [0.15, 0.2) is 12.7 Å². The minimum Gasteiger partial charge on any atom is -0.279 e. The van der Waals surface area contributed by atoms with Gasteiger partial charge in [0.15, 0.2) is 0 Å². The number of nitrogens with zero attached hydrogens (tertiary/aromatic N) is 1. The Hall–Kier alpha value is -1.12. The maximum absolute atomic E-state index is 12.0. The molecule has 0 atom stereocenters. The number of amides is 2. The minimum atomic E-state index is -0.279. The highest BCUT2D eigenvalue weighted by Crippen LogP contribution is 2.14. The van der Waals surface area contributed by atoms with Crippen LogP contribution in [-0.2, 0) is 9.59 Å². The summed E-state index contributed by atoms with van der Waals surface area (Å²) in [5.41, 5.74) is 0. The highest BCUT2D eigenvalue weighted by Gasteiger charge is 2.15. The SMILES string of the molecule is C=CC(=O)N(CC)C(=O)CCCCCCCCCCCCCCCCC. The Balaban J connectivity index is 3.35. The second-order valence-electron chi connectivity index (χ2n) is 7.38. The highest BCUT2D eigenvalue weighted by molar-refractivity contribution is 6.00. The van der Waals surface area contributed by atoms with E-state index in [9.17, 15) is 9.59 Å². The highest BCUT2D eigenvalue weighted by atomic mass is 16.2. The molecule has 0 N–H and O–H groups in total. The van der Waals surface area contributed by atoms with Crippen molar-refractivity contribution in [3.05, 3.63) is 12.7 Å². The predicted octanol–water partition coefficient (Wildman–Crippen LogP) is 6.81. The van der Waals surface area contributed by atoms with Crippen LogP contribution in [0.2, 0.25) is 0 Å². The van der Waals surface area contributed by atoms with E-state index < -0.39 is 0 Å². The summed E-state index contributed by atoms with van der Waals surface area (Å²) in [4.78, 5) is 24.8. The Morgan fingerprint density at radius 3 is 1.42 bits per heavy atom. The third-order valence-electron chi connectivity index (χ3n) is 5.05. The second-order valence-corrected chi connectivity index (χ2v) is 7.38. The molecule has 0 aromatic heterocycles. The molecule has 0 aliphatic heterocycles. The van der Waals surface area contributed by atoms with Gasteiger partial charge in [0.05, 0.1) is 0 Å². The standard InChI is InChI=1S/C23H43NO2/c1-4-7-8-9-10-11-12-13-14-15-16-17-18-19-20-21-23(26)24(6-3)22(25)5-2/h5H,2,4,6-21H2,1,3H3. The van der Waals surface area contributed by atoms with Crippen LogP contribution in [0.5, 0.6) is 0 Å². The fourth-order valence-corrected chi connectivity index (χ4v) is 3.35. The Morgan fingerprint density at radius 2 is 1.08 bits per heavy atom. The largest absolute Gasteiger partial charge is 0.279 e. The van der Waals surface area contributed by atoms with Gasteiger partial charge in [-0.2, -0.15) is 0 Å². The van der Waals surface area contributed by atoms with Crippen molar-refractivity contribution in [2.45, 2.75) is 117 Å². The molecule has 152 valence electrons. The number of carbonyl (C=O) groups excluding carboxylic acids is 2. The molecule has 0 aromatic carbocycles. The maximum Gasteiger partial charge on any atom is 0.252 e. The van der Waals surface area contributed by atoms with Crippen molar-refractivity contribution in [3.63, 3.8) is 0 Å². The molecule has 0 heterocycles. The second kappa shape index (κ2) is 18.7. The minimum absolute atomic E-state index is 0.0629. The molecule has 0 saturated heterocycles. The Bertz CT molecular complexity index is 365. The van der Waals surface area contributed by atoms with E-state index in [0.29, 0.717) is 13.0 Å². The van der Waals surface area contributed by atoms with Crippen molar-refractivity contribution in [1.82, 2.24) is 4.90 Å². The third kappa shape index (κ3) is 14.1. The molecule has 0 bridgehead atoms. The molecule has 0 rings (SSSR count). The number of unbranched alkanes of at least 4 members (excludes halogenated alkanes) is 14. The molecule has 0 aromatic rings. The number of likely N-dealkylation sites (N-methyl/N-ethyl adjacent to an activating group) is 1. The van der Waals surface area contributed by atoms with Crippen molar-refractivity contribution in [2.75, 3.05) is 6.54 Å². The van der Waals surface area contributed by atoms with Crippen molar-refractivity contribution in [2.24, 2.45) is 0 Å². The van der Waals surface area contributed by atoms with E-state index in [4.69, 9.17) is 0 Å². The van der Waals surface area contributed by atoms with Crippen molar-refractivity contribution >= 4 is 11.8 Å². The van der Waals surface area contributed by atoms with E-state index in [0.717, 1.165) is 12.8 Å². The molecular formula is C23H43NO2. The summed E-state index contributed by atoms with van der Waals surface area (Å²) >= 11 is 0. The fraction of sp³-hybridized carbons (Fsp3) is 0.826. The van der Waals surface area contributed by atoms with Gasteiger partial charge < -0.3 is 0 Å². The molecule has 26 heavy (non-hydrogen) atoms.